The van der Waals surface area contributed by atoms with Crippen LogP contribution in [0.4, 0.5) is 0 Å². The van der Waals surface area contributed by atoms with Gasteiger partial charge in [0.05, 0.1) is 5.52 Å². The monoisotopic (exact) mass is 449 g/mol. The molecule has 0 amide bonds. The van der Waals surface area contributed by atoms with E-state index in [0.29, 0.717) is 0 Å². The lowest BCUT2D eigenvalue weighted by Gasteiger charge is -2.08. The second kappa shape index (κ2) is 5.72. The van der Waals surface area contributed by atoms with Crippen LogP contribution in [0.5, 0.6) is 0 Å². The molecule has 0 saturated heterocycles. The fourth-order valence-corrected chi connectivity index (χ4v) is 4.31. The molecule has 1 N–H and O–H groups in total. The van der Waals surface area contributed by atoms with Crippen LogP contribution in [0.3, 0.4) is 0 Å². The van der Waals surface area contributed by atoms with Crippen LogP contribution in [0, 0.1) is 0 Å². The first-order chi connectivity index (χ1) is 12.2. The second-order valence-corrected chi connectivity index (χ2v) is 8.05. The fourth-order valence-electron chi connectivity index (χ4n) is 3.58. The lowest BCUT2D eigenvalue weighted by molar-refractivity contribution is 1.46. The first-order valence-corrected chi connectivity index (χ1v) is 9.68. The Morgan fingerprint density at radius 1 is 0.560 bits per heavy atom. The Morgan fingerprint density at radius 3 is 1.88 bits per heavy atom. The molecule has 4 aromatic carbocycles. The minimum Gasteiger partial charge on any atom is -0.354 e. The Morgan fingerprint density at radius 2 is 1.16 bits per heavy atom. The predicted octanol–water partition coefficient (Wildman–Crippen LogP) is 7.67. The molecule has 0 fully saturated rings. The third-order valence-electron chi connectivity index (χ3n) is 4.72. The van der Waals surface area contributed by atoms with Crippen LogP contribution in [0.2, 0.25) is 0 Å². The standard InChI is InChI=1S/C22H13Br2N/c23-14-6-8-16-17-9-7-15(24)11-19(17)22-20(18(16)10-14)12-21(25-22)13-4-2-1-3-5-13/h1-12,25H. The maximum Gasteiger partial charge on any atom is 0.0545 e. The average Bonchev–Trinajstić information content (AvgIpc) is 3.08. The van der Waals surface area contributed by atoms with Gasteiger partial charge in [-0.3, -0.25) is 0 Å². The first-order valence-electron chi connectivity index (χ1n) is 8.09. The Bertz CT molecular complexity index is 1170. The number of nitrogens with one attached hydrogen (secondary N) is 1. The molecule has 1 aromatic heterocycles. The van der Waals surface area contributed by atoms with Gasteiger partial charge in [0.2, 0.25) is 0 Å². The van der Waals surface area contributed by atoms with Crippen molar-refractivity contribution in [2.24, 2.45) is 0 Å². The quantitative estimate of drug-likeness (QED) is 0.252. The summed E-state index contributed by atoms with van der Waals surface area (Å²) in [6.07, 6.45) is 0. The van der Waals surface area contributed by atoms with Crippen molar-refractivity contribution in [3.05, 3.63) is 81.7 Å². The van der Waals surface area contributed by atoms with Gasteiger partial charge in [-0.05, 0) is 52.1 Å². The molecule has 5 aromatic rings. The van der Waals surface area contributed by atoms with E-state index in [1.54, 1.807) is 0 Å². The first kappa shape index (κ1) is 15.2. The summed E-state index contributed by atoms with van der Waals surface area (Å²) in [5.41, 5.74) is 3.52. The topological polar surface area (TPSA) is 15.8 Å². The van der Waals surface area contributed by atoms with Crippen LogP contribution in [0.1, 0.15) is 0 Å². The number of aromatic amines is 1. The van der Waals surface area contributed by atoms with Gasteiger partial charge in [0.1, 0.15) is 0 Å². The third-order valence-corrected chi connectivity index (χ3v) is 5.70. The Balaban J connectivity index is 1.99. The summed E-state index contributed by atoms with van der Waals surface area (Å²) in [6.45, 7) is 0. The molecule has 3 heteroatoms. The molecule has 0 saturated carbocycles. The van der Waals surface area contributed by atoms with Crippen molar-refractivity contribution < 1.29 is 0 Å². The molecular weight excluding hydrogens is 438 g/mol. The number of benzene rings is 4. The van der Waals surface area contributed by atoms with Crippen molar-refractivity contribution in [1.82, 2.24) is 4.98 Å². The molecular formula is C22H13Br2N. The highest BCUT2D eigenvalue weighted by Gasteiger charge is 2.13. The minimum absolute atomic E-state index is 1.09. The highest BCUT2D eigenvalue weighted by Crippen LogP contribution is 2.39. The van der Waals surface area contributed by atoms with E-state index < -0.39 is 0 Å². The van der Waals surface area contributed by atoms with Crippen molar-refractivity contribution in [3.63, 3.8) is 0 Å². The van der Waals surface area contributed by atoms with Gasteiger partial charge in [0, 0.05) is 25.4 Å². The lowest BCUT2D eigenvalue weighted by Crippen LogP contribution is -1.82. The van der Waals surface area contributed by atoms with Gasteiger partial charge < -0.3 is 4.98 Å². The number of H-pyrrole nitrogens is 1. The van der Waals surface area contributed by atoms with Crippen LogP contribution in [0.15, 0.2) is 81.7 Å². The van der Waals surface area contributed by atoms with Gasteiger partial charge in [-0.1, -0.05) is 74.3 Å². The molecule has 1 heterocycles. The van der Waals surface area contributed by atoms with E-state index in [4.69, 9.17) is 0 Å². The smallest absolute Gasteiger partial charge is 0.0545 e. The van der Waals surface area contributed by atoms with E-state index in [1.165, 1.54) is 38.0 Å². The number of fused-ring (bicyclic) bond motifs is 6. The minimum atomic E-state index is 1.09. The maximum absolute atomic E-state index is 3.66. The van der Waals surface area contributed by atoms with Crippen LogP contribution in [-0.2, 0) is 0 Å². The van der Waals surface area contributed by atoms with Crippen molar-refractivity contribution in [1.29, 1.82) is 0 Å². The number of hydrogen-bond donors (Lipinski definition) is 1. The fraction of sp³-hybridized carbons (Fsp3) is 0. The number of aromatic nitrogens is 1. The van der Waals surface area contributed by atoms with E-state index in [-0.39, 0.29) is 0 Å². The number of halogens is 2. The highest BCUT2D eigenvalue weighted by atomic mass is 79.9. The molecule has 0 unspecified atom stereocenters. The normalized spacial score (nSPS) is 11.6. The van der Waals surface area contributed by atoms with E-state index >= 15 is 0 Å². The Labute approximate surface area is 161 Å². The van der Waals surface area contributed by atoms with Crippen LogP contribution in [-0.4, -0.2) is 4.98 Å². The van der Waals surface area contributed by atoms with Crippen LogP contribution in [0.25, 0.3) is 43.7 Å². The van der Waals surface area contributed by atoms with Crippen LogP contribution < -0.4 is 0 Å². The molecule has 0 radical (unpaired) electrons. The molecule has 0 spiro atoms. The second-order valence-electron chi connectivity index (χ2n) is 6.22. The Hall–Kier alpha value is -2.10. The van der Waals surface area contributed by atoms with Crippen molar-refractivity contribution in [2.75, 3.05) is 0 Å². The summed E-state index contributed by atoms with van der Waals surface area (Å²) < 4.78 is 2.19. The van der Waals surface area contributed by atoms with Gasteiger partial charge in [-0.25, -0.2) is 0 Å². The largest absolute Gasteiger partial charge is 0.354 e. The molecule has 0 aliphatic heterocycles. The van der Waals surface area contributed by atoms with Crippen molar-refractivity contribution in [2.45, 2.75) is 0 Å². The molecule has 25 heavy (non-hydrogen) atoms. The molecule has 120 valence electrons. The SMILES string of the molecule is Brc1ccc2c3ccc(Br)cc3c3[nH]c(-c4ccccc4)cc3c2c1. The van der Waals surface area contributed by atoms with Crippen molar-refractivity contribution >= 4 is 64.3 Å². The van der Waals surface area contributed by atoms with E-state index in [9.17, 15) is 0 Å². The molecule has 0 bridgehead atoms. The van der Waals surface area contributed by atoms with E-state index in [2.05, 4.69) is 104 Å². The number of rotatable bonds is 1. The third kappa shape index (κ3) is 2.42. The summed E-state index contributed by atoms with van der Waals surface area (Å²) in [5.74, 6) is 0. The predicted molar refractivity (Wildman–Crippen MR) is 114 cm³/mol. The van der Waals surface area contributed by atoms with Gasteiger partial charge in [0.15, 0.2) is 0 Å². The Kier molecular flexibility index (Phi) is 3.47. The van der Waals surface area contributed by atoms with Crippen molar-refractivity contribution in [3.8, 4) is 11.3 Å². The van der Waals surface area contributed by atoms with E-state index in [1.807, 2.05) is 6.07 Å². The molecule has 0 aliphatic carbocycles. The van der Waals surface area contributed by atoms with Gasteiger partial charge in [0.25, 0.3) is 0 Å². The molecule has 5 rings (SSSR count). The number of hydrogen-bond acceptors (Lipinski definition) is 0. The van der Waals surface area contributed by atoms with Gasteiger partial charge >= 0.3 is 0 Å². The summed E-state index contributed by atoms with van der Waals surface area (Å²) in [4.78, 5) is 3.66. The molecule has 0 aliphatic rings. The summed E-state index contributed by atoms with van der Waals surface area (Å²) in [6, 6.07) is 25.8. The summed E-state index contributed by atoms with van der Waals surface area (Å²) >= 11 is 7.25. The molecule has 1 nitrogen and oxygen atoms in total. The summed E-state index contributed by atoms with van der Waals surface area (Å²) in [5, 5.41) is 6.29. The zero-order valence-electron chi connectivity index (χ0n) is 13.2. The maximum atomic E-state index is 3.66. The highest BCUT2D eigenvalue weighted by molar-refractivity contribution is 9.10. The average molecular weight is 451 g/mol. The zero-order valence-corrected chi connectivity index (χ0v) is 16.4. The van der Waals surface area contributed by atoms with E-state index in [0.717, 1.165) is 14.6 Å². The molecule has 0 atom stereocenters. The lowest BCUT2D eigenvalue weighted by atomic mass is 9.98. The summed E-state index contributed by atoms with van der Waals surface area (Å²) in [7, 11) is 0. The zero-order chi connectivity index (χ0) is 17.0. The van der Waals surface area contributed by atoms with Crippen LogP contribution >= 0.6 is 31.9 Å². The van der Waals surface area contributed by atoms with Gasteiger partial charge in [-0.2, -0.15) is 0 Å². The van der Waals surface area contributed by atoms with Gasteiger partial charge in [-0.15, -0.1) is 0 Å².